The predicted molar refractivity (Wildman–Crippen MR) is 111 cm³/mol. The zero-order valence-electron chi connectivity index (χ0n) is 17.3. The van der Waals surface area contributed by atoms with Crippen molar-refractivity contribution in [1.82, 2.24) is 9.80 Å². The molecular weight excluding hydrogens is 384 g/mol. The number of aryl methyl sites for hydroxylation is 2. The first-order valence-corrected chi connectivity index (χ1v) is 10.2. The highest BCUT2D eigenvalue weighted by molar-refractivity contribution is 6.46. The van der Waals surface area contributed by atoms with E-state index in [9.17, 15) is 14.7 Å². The Hall–Kier alpha value is -2.90. The van der Waals surface area contributed by atoms with Crippen molar-refractivity contribution in [3.8, 4) is 0 Å². The molecule has 4 rings (SSSR count). The van der Waals surface area contributed by atoms with Gasteiger partial charge in [0.25, 0.3) is 11.7 Å². The highest BCUT2D eigenvalue weighted by Gasteiger charge is 2.47. The number of carbonyl (C=O) groups excluding carboxylic acids is 2. The number of Topliss-reactive ketones (excluding diaryl/α,β-unsaturated/α-hetero) is 1. The van der Waals surface area contributed by atoms with Gasteiger partial charge in [-0.1, -0.05) is 29.8 Å². The fourth-order valence-corrected chi connectivity index (χ4v) is 3.95. The van der Waals surface area contributed by atoms with E-state index in [1.165, 1.54) is 4.90 Å². The zero-order chi connectivity index (χ0) is 21.3. The summed E-state index contributed by atoms with van der Waals surface area (Å²) < 4.78 is 11.2. The maximum atomic E-state index is 13.0. The molecule has 0 bridgehead atoms. The van der Waals surface area contributed by atoms with Crippen LogP contribution in [-0.2, 0) is 14.3 Å². The number of furan rings is 1. The van der Waals surface area contributed by atoms with Crippen LogP contribution in [0.5, 0.6) is 0 Å². The number of benzene rings is 1. The SMILES string of the molecule is Cc1ccc(/C(O)=C2\C(=O)C(=O)N(CCN3CCOCC3)C2c2ccc(C)o2)cc1. The molecule has 1 N–H and O–H groups in total. The van der Waals surface area contributed by atoms with Crippen molar-refractivity contribution >= 4 is 17.4 Å². The number of hydrogen-bond acceptors (Lipinski definition) is 6. The van der Waals surface area contributed by atoms with E-state index < -0.39 is 17.7 Å². The standard InChI is InChI=1S/C23H26N2O5/c1-15-3-6-17(7-4-15)21(26)19-20(18-8-5-16(2)30-18)25(23(28)22(19)27)10-9-24-11-13-29-14-12-24/h3-8,20,26H,9-14H2,1-2H3/b21-19+. The third-order valence-electron chi connectivity index (χ3n) is 5.66. The van der Waals surface area contributed by atoms with Crippen molar-refractivity contribution in [1.29, 1.82) is 0 Å². The first-order valence-electron chi connectivity index (χ1n) is 10.2. The minimum atomic E-state index is -0.749. The van der Waals surface area contributed by atoms with Gasteiger partial charge in [0.05, 0.1) is 18.8 Å². The zero-order valence-corrected chi connectivity index (χ0v) is 17.3. The number of aliphatic hydroxyl groups is 1. The Bertz CT molecular complexity index is 970. The number of likely N-dealkylation sites (tertiary alicyclic amines) is 1. The lowest BCUT2D eigenvalue weighted by molar-refractivity contribution is -0.140. The summed E-state index contributed by atoms with van der Waals surface area (Å²) in [4.78, 5) is 29.6. The van der Waals surface area contributed by atoms with Crippen molar-refractivity contribution in [2.45, 2.75) is 19.9 Å². The first kappa shape index (κ1) is 20.4. The number of amides is 1. The van der Waals surface area contributed by atoms with Gasteiger partial charge in [-0.15, -0.1) is 0 Å². The summed E-state index contributed by atoms with van der Waals surface area (Å²) in [6, 6.07) is 10.0. The molecule has 3 heterocycles. The van der Waals surface area contributed by atoms with Crippen LogP contribution in [0.15, 0.2) is 46.4 Å². The van der Waals surface area contributed by atoms with Crippen LogP contribution in [0.4, 0.5) is 0 Å². The van der Waals surface area contributed by atoms with Crippen LogP contribution in [0.2, 0.25) is 0 Å². The summed E-state index contributed by atoms with van der Waals surface area (Å²) in [6.07, 6.45) is 0. The second-order valence-corrected chi connectivity index (χ2v) is 7.76. The topological polar surface area (TPSA) is 83.2 Å². The van der Waals surface area contributed by atoms with E-state index >= 15 is 0 Å². The third kappa shape index (κ3) is 3.91. The number of aliphatic hydroxyl groups excluding tert-OH is 1. The highest BCUT2D eigenvalue weighted by atomic mass is 16.5. The number of ether oxygens (including phenoxy) is 1. The van der Waals surface area contributed by atoms with Gasteiger partial charge < -0.3 is 19.2 Å². The molecule has 2 aliphatic rings. The van der Waals surface area contributed by atoms with E-state index in [0.29, 0.717) is 43.4 Å². The lowest BCUT2D eigenvalue weighted by atomic mass is 9.99. The maximum absolute atomic E-state index is 13.0. The van der Waals surface area contributed by atoms with Crippen LogP contribution in [-0.4, -0.2) is 66.0 Å². The second kappa shape index (κ2) is 8.45. The normalized spacial score (nSPS) is 22.1. The van der Waals surface area contributed by atoms with Gasteiger partial charge in [0.15, 0.2) is 0 Å². The molecule has 0 spiro atoms. The molecule has 1 unspecified atom stereocenters. The average molecular weight is 410 g/mol. The smallest absolute Gasteiger partial charge is 0.295 e. The number of hydrogen-bond donors (Lipinski definition) is 1. The number of rotatable bonds is 5. The Balaban J connectivity index is 1.70. The Morgan fingerprint density at radius 2 is 1.73 bits per heavy atom. The molecule has 1 aromatic carbocycles. The van der Waals surface area contributed by atoms with Crippen LogP contribution in [0.3, 0.4) is 0 Å². The molecule has 0 aliphatic carbocycles. The summed E-state index contributed by atoms with van der Waals surface area (Å²) in [5.74, 6) is -0.326. The molecule has 30 heavy (non-hydrogen) atoms. The summed E-state index contributed by atoms with van der Waals surface area (Å²) in [5.41, 5.74) is 1.61. The van der Waals surface area contributed by atoms with E-state index in [0.717, 1.165) is 18.7 Å². The average Bonchev–Trinajstić information content (AvgIpc) is 3.28. The molecule has 2 aliphatic heterocycles. The van der Waals surface area contributed by atoms with Crippen molar-refractivity contribution in [2.24, 2.45) is 0 Å². The lowest BCUT2D eigenvalue weighted by Gasteiger charge is -2.30. The van der Waals surface area contributed by atoms with E-state index in [1.54, 1.807) is 24.3 Å². The van der Waals surface area contributed by atoms with Gasteiger partial charge in [0.2, 0.25) is 0 Å². The fraction of sp³-hybridized carbons (Fsp3) is 0.391. The lowest BCUT2D eigenvalue weighted by Crippen LogP contribution is -2.42. The fourth-order valence-electron chi connectivity index (χ4n) is 3.95. The van der Waals surface area contributed by atoms with Gasteiger partial charge in [-0.3, -0.25) is 14.5 Å². The van der Waals surface area contributed by atoms with E-state index in [2.05, 4.69) is 4.90 Å². The molecule has 1 atom stereocenters. The molecule has 2 saturated heterocycles. The summed E-state index contributed by atoms with van der Waals surface area (Å²) in [5, 5.41) is 11.0. The van der Waals surface area contributed by atoms with Crippen LogP contribution in [0.1, 0.15) is 28.7 Å². The molecule has 0 saturated carbocycles. The molecular formula is C23H26N2O5. The predicted octanol–water partition coefficient (Wildman–Crippen LogP) is 2.65. The first-order chi connectivity index (χ1) is 14.5. The van der Waals surface area contributed by atoms with Gasteiger partial charge in [0, 0.05) is 31.7 Å². The van der Waals surface area contributed by atoms with Gasteiger partial charge in [0.1, 0.15) is 23.3 Å². The monoisotopic (exact) mass is 410 g/mol. The molecule has 0 radical (unpaired) electrons. The molecule has 2 fully saturated rings. The molecule has 2 aromatic rings. The van der Waals surface area contributed by atoms with Crippen LogP contribution >= 0.6 is 0 Å². The van der Waals surface area contributed by atoms with Gasteiger partial charge in [-0.25, -0.2) is 0 Å². The minimum Gasteiger partial charge on any atom is -0.507 e. The third-order valence-corrected chi connectivity index (χ3v) is 5.66. The Labute approximate surface area is 175 Å². The summed E-state index contributed by atoms with van der Waals surface area (Å²) in [6.45, 7) is 7.63. The highest BCUT2D eigenvalue weighted by Crippen LogP contribution is 2.39. The largest absolute Gasteiger partial charge is 0.507 e. The molecule has 7 nitrogen and oxygen atoms in total. The van der Waals surface area contributed by atoms with Crippen LogP contribution in [0.25, 0.3) is 5.76 Å². The number of ketones is 1. The summed E-state index contributed by atoms with van der Waals surface area (Å²) >= 11 is 0. The Morgan fingerprint density at radius 3 is 2.37 bits per heavy atom. The minimum absolute atomic E-state index is 0.0696. The van der Waals surface area contributed by atoms with Crippen molar-refractivity contribution in [3.63, 3.8) is 0 Å². The molecule has 1 aromatic heterocycles. The Kier molecular flexibility index (Phi) is 5.74. The van der Waals surface area contributed by atoms with Gasteiger partial charge >= 0.3 is 0 Å². The summed E-state index contributed by atoms with van der Waals surface area (Å²) in [7, 11) is 0. The number of nitrogens with zero attached hydrogens (tertiary/aromatic N) is 2. The second-order valence-electron chi connectivity index (χ2n) is 7.76. The van der Waals surface area contributed by atoms with Crippen molar-refractivity contribution in [2.75, 3.05) is 39.4 Å². The quantitative estimate of drug-likeness (QED) is 0.464. The van der Waals surface area contributed by atoms with Crippen LogP contribution in [0, 0.1) is 13.8 Å². The van der Waals surface area contributed by atoms with Gasteiger partial charge in [-0.2, -0.15) is 0 Å². The van der Waals surface area contributed by atoms with E-state index in [-0.39, 0.29) is 11.3 Å². The van der Waals surface area contributed by atoms with Crippen LogP contribution < -0.4 is 0 Å². The number of morpholine rings is 1. The van der Waals surface area contributed by atoms with E-state index in [1.807, 2.05) is 26.0 Å². The van der Waals surface area contributed by atoms with E-state index in [4.69, 9.17) is 9.15 Å². The number of carbonyl (C=O) groups is 2. The Morgan fingerprint density at radius 1 is 1.03 bits per heavy atom. The molecule has 158 valence electrons. The van der Waals surface area contributed by atoms with Gasteiger partial charge in [-0.05, 0) is 26.0 Å². The molecule has 1 amide bonds. The van der Waals surface area contributed by atoms with Crippen molar-refractivity contribution < 1.29 is 23.8 Å². The maximum Gasteiger partial charge on any atom is 0.295 e. The molecule has 7 heteroatoms. The van der Waals surface area contributed by atoms with Crippen molar-refractivity contribution in [3.05, 3.63) is 64.6 Å².